The second-order valence-electron chi connectivity index (χ2n) is 11.8. The molecule has 0 aromatic heterocycles. The molecule has 0 unspecified atom stereocenters. The van der Waals surface area contributed by atoms with E-state index in [1.807, 2.05) is 11.1 Å². The normalized spacial score (nSPS) is 42.7. The Labute approximate surface area is 170 Å². The van der Waals surface area contributed by atoms with E-state index in [9.17, 15) is 0 Å². The average Bonchev–Trinajstić information content (AvgIpc) is 3.17. The summed E-state index contributed by atoms with van der Waals surface area (Å²) in [5.74, 6) is 4.83. The van der Waals surface area contributed by atoms with Crippen LogP contribution < -0.4 is 0 Å². The Morgan fingerprint density at radius 3 is 2.48 bits per heavy atom. The fraction of sp³-hybridized carbons (Fsp3) is 0.926. The number of rotatable bonds is 5. The molecule has 0 saturated heterocycles. The molecular weight excluding hydrogens is 324 g/mol. The fourth-order valence-corrected chi connectivity index (χ4v) is 8.68. The summed E-state index contributed by atoms with van der Waals surface area (Å²) in [7, 11) is 0. The van der Waals surface area contributed by atoms with Crippen molar-refractivity contribution >= 4 is 0 Å². The van der Waals surface area contributed by atoms with Crippen molar-refractivity contribution in [3.05, 3.63) is 11.1 Å². The van der Waals surface area contributed by atoms with Gasteiger partial charge in [0.25, 0.3) is 0 Å². The van der Waals surface area contributed by atoms with Gasteiger partial charge in [0.1, 0.15) is 0 Å². The van der Waals surface area contributed by atoms with Crippen LogP contribution in [0.25, 0.3) is 0 Å². The van der Waals surface area contributed by atoms with Crippen molar-refractivity contribution in [1.29, 1.82) is 0 Å². The third kappa shape index (κ3) is 3.26. The van der Waals surface area contributed by atoms with Gasteiger partial charge in [-0.3, -0.25) is 0 Å². The van der Waals surface area contributed by atoms with Gasteiger partial charge in [0.15, 0.2) is 0 Å². The molecule has 0 N–H and O–H groups in total. The molecule has 27 heavy (non-hydrogen) atoms. The van der Waals surface area contributed by atoms with Crippen LogP contribution in [0.5, 0.6) is 0 Å². The van der Waals surface area contributed by atoms with E-state index < -0.39 is 0 Å². The summed E-state index contributed by atoms with van der Waals surface area (Å²) in [6, 6.07) is 0. The van der Waals surface area contributed by atoms with E-state index in [4.69, 9.17) is 0 Å². The minimum absolute atomic E-state index is 0.623. The standard InChI is InChI=1S/C27H46/c1-19(2)9-8-10-20(3)23-14-17-27(21(23)4)18-15-24-25(27)13-12-22-11-6-7-16-26(22,24)5/h19-20,22,24-25H,6-18H2,1-5H3/t20-,22-,24+,25-,26+,27+/m1/s1. The van der Waals surface area contributed by atoms with E-state index in [0.717, 1.165) is 29.6 Å². The highest BCUT2D eigenvalue weighted by Gasteiger charge is 2.60. The maximum absolute atomic E-state index is 2.72. The highest BCUT2D eigenvalue weighted by molar-refractivity contribution is 5.32. The second-order valence-corrected chi connectivity index (χ2v) is 11.8. The van der Waals surface area contributed by atoms with Crippen LogP contribution in [0, 0.1) is 40.4 Å². The van der Waals surface area contributed by atoms with Gasteiger partial charge < -0.3 is 0 Å². The van der Waals surface area contributed by atoms with Crippen LogP contribution in [0.2, 0.25) is 0 Å². The molecule has 3 fully saturated rings. The Balaban J connectivity index is 1.52. The van der Waals surface area contributed by atoms with Gasteiger partial charge >= 0.3 is 0 Å². The molecule has 0 heterocycles. The lowest BCUT2D eigenvalue weighted by molar-refractivity contribution is -0.0401. The third-order valence-corrected chi connectivity index (χ3v) is 10.3. The first-order chi connectivity index (χ1) is 12.9. The molecule has 4 aliphatic rings. The molecule has 4 rings (SSSR count). The Bertz CT molecular complexity index is 569. The van der Waals surface area contributed by atoms with Gasteiger partial charge in [-0.2, -0.15) is 0 Å². The van der Waals surface area contributed by atoms with Gasteiger partial charge in [-0.1, -0.05) is 64.5 Å². The summed E-state index contributed by atoms with van der Waals surface area (Å²) in [5.41, 5.74) is 5.11. The summed E-state index contributed by atoms with van der Waals surface area (Å²) in [4.78, 5) is 0. The maximum Gasteiger partial charge on any atom is -0.00538 e. The molecule has 4 aliphatic carbocycles. The molecule has 154 valence electrons. The van der Waals surface area contributed by atoms with Crippen molar-refractivity contribution in [3.63, 3.8) is 0 Å². The molecule has 0 aromatic carbocycles. The van der Waals surface area contributed by atoms with Crippen LogP contribution >= 0.6 is 0 Å². The number of hydrogen-bond acceptors (Lipinski definition) is 0. The molecule has 0 nitrogen and oxygen atoms in total. The van der Waals surface area contributed by atoms with E-state index in [1.165, 1.54) is 57.8 Å². The summed E-state index contributed by atoms with van der Waals surface area (Å²) < 4.78 is 0. The van der Waals surface area contributed by atoms with Crippen molar-refractivity contribution < 1.29 is 0 Å². The van der Waals surface area contributed by atoms with Crippen LogP contribution in [0.15, 0.2) is 11.1 Å². The molecular formula is C27H46. The summed E-state index contributed by atoms with van der Waals surface area (Å²) >= 11 is 0. The molecule has 0 aromatic rings. The molecule has 0 amide bonds. The van der Waals surface area contributed by atoms with Gasteiger partial charge in [0.2, 0.25) is 0 Å². The predicted molar refractivity (Wildman–Crippen MR) is 118 cm³/mol. The molecule has 1 spiro atoms. The third-order valence-electron chi connectivity index (χ3n) is 10.3. The van der Waals surface area contributed by atoms with Crippen LogP contribution in [0.1, 0.15) is 118 Å². The van der Waals surface area contributed by atoms with Gasteiger partial charge in [0.05, 0.1) is 0 Å². The molecule has 0 aliphatic heterocycles. The molecule has 0 radical (unpaired) electrons. The Kier molecular flexibility index (Phi) is 5.59. The number of hydrogen-bond donors (Lipinski definition) is 0. The Morgan fingerprint density at radius 1 is 0.889 bits per heavy atom. The number of fused-ring (bicyclic) bond motifs is 4. The first kappa shape index (κ1) is 20.0. The molecule has 6 atom stereocenters. The molecule has 0 heteroatoms. The predicted octanol–water partition coefficient (Wildman–Crippen LogP) is 8.56. The second kappa shape index (κ2) is 7.53. The minimum Gasteiger partial charge on any atom is -0.0679 e. The van der Waals surface area contributed by atoms with E-state index in [1.54, 1.807) is 25.7 Å². The van der Waals surface area contributed by atoms with Crippen LogP contribution in [-0.2, 0) is 0 Å². The highest BCUT2D eigenvalue weighted by Crippen LogP contribution is 2.69. The van der Waals surface area contributed by atoms with E-state index >= 15 is 0 Å². The summed E-state index contributed by atoms with van der Waals surface area (Å²) in [6.07, 6.45) is 19.5. The van der Waals surface area contributed by atoms with E-state index in [0.29, 0.717) is 10.8 Å². The first-order valence-electron chi connectivity index (χ1n) is 12.6. The van der Waals surface area contributed by atoms with Crippen molar-refractivity contribution in [2.24, 2.45) is 40.4 Å². The molecule has 0 bridgehead atoms. The fourth-order valence-electron chi connectivity index (χ4n) is 8.68. The van der Waals surface area contributed by atoms with Gasteiger partial charge in [0, 0.05) is 0 Å². The SMILES string of the molecule is CC1=C([C@H](C)CCCC(C)C)CC[C@]12CC[C@H]1[C@H]2CC[C@H]2CCCC[C@@]21C. The van der Waals surface area contributed by atoms with Gasteiger partial charge in [-0.25, -0.2) is 0 Å². The zero-order valence-corrected chi connectivity index (χ0v) is 19.1. The minimum atomic E-state index is 0.623. The van der Waals surface area contributed by atoms with Gasteiger partial charge in [-0.05, 0) is 105 Å². The Hall–Kier alpha value is -0.260. The van der Waals surface area contributed by atoms with Crippen LogP contribution in [0.3, 0.4) is 0 Å². The zero-order chi connectivity index (χ0) is 19.2. The lowest BCUT2D eigenvalue weighted by Crippen LogP contribution is -2.46. The van der Waals surface area contributed by atoms with Crippen LogP contribution in [-0.4, -0.2) is 0 Å². The van der Waals surface area contributed by atoms with Gasteiger partial charge in [-0.15, -0.1) is 0 Å². The topological polar surface area (TPSA) is 0 Å². The Morgan fingerprint density at radius 2 is 1.70 bits per heavy atom. The number of allylic oxidation sites excluding steroid dienone is 2. The smallest absolute Gasteiger partial charge is 0.00538 e. The maximum atomic E-state index is 2.72. The quantitative estimate of drug-likeness (QED) is 0.425. The lowest BCUT2D eigenvalue weighted by Gasteiger charge is -2.54. The largest absolute Gasteiger partial charge is 0.0679 e. The van der Waals surface area contributed by atoms with Crippen molar-refractivity contribution in [2.45, 2.75) is 118 Å². The van der Waals surface area contributed by atoms with E-state index in [-0.39, 0.29) is 0 Å². The first-order valence-corrected chi connectivity index (χ1v) is 12.6. The summed E-state index contributed by atoms with van der Waals surface area (Å²) in [6.45, 7) is 12.6. The van der Waals surface area contributed by atoms with Crippen molar-refractivity contribution in [3.8, 4) is 0 Å². The van der Waals surface area contributed by atoms with E-state index in [2.05, 4.69) is 34.6 Å². The summed E-state index contributed by atoms with van der Waals surface area (Å²) in [5, 5.41) is 0. The lowest BCUT2D eigenvalue weighted by atomic mass is 9.51. The van der Waals surface area contributed by atoms with Crippen LogP contribution in [0.4, 0.5) is 0 Å². The highest BCUT2D eigenvalue weighted by atomic mass is 14.6. The average molecular weight is 371 g/mol. The monoisotopic (exact) mass is 370 g/mol. The zero-order valence-electron chi connectivity index (χ0n) is 19.1. The van der Waals surface area contributed by atoms with Crippen molar-refractivity contribution in [2.75, 3.05) is 0 Å². The molecule has 3 saturated carbocycles. The van der Waals surface area contributed by atoms with Crippen molar-refractivity contribution in [1.82, 2.24) is 0 Å².